The maximum absolute atomic E-state index is 12.7. The molecule has 1 saturated heterocycles. The standard InChI is InChI=1S/C16H26N4O2S/c1-12-10-16(18-13(2)17-12)20-9-5-8-15(11-20)23(21,22)19-14-6-3-4-7-14/h10,14-15,19H,3-9,11H2,1-2H3/t15-/m1/s1. The van der Waals surface area contributed by atoms with Gasteiger partial charge in [0.2, 0.25) is 10.0 Å². The Morgan fingerprint density at radius 3 is 2.57 bits per heavy atom. The maximum atomic E-state index is 12.7. The van der Waals surface area contributed by atoms with Crippen molar-refractivity contribution in [3.05, 3.63) is 17.6 Å². The van der Waals surface area contributed by atoms with Crippen molar-refractivity contribution in [2.24, 2.45) is 0 Å². The summed E-state index contributed by atoms with van der Waals surface area (Å²) in [4.78, 5) is 10.9. The van der Waals surface area contributed by atoms with Crippen LogP contribution in [-0.2, 0) is 10.0 Å². The molecule has 2 heterocycles. The molecule has 2 fully saturated rings. The van der Waals surface area contributed by atoms with Crippen LogP contribution in [-0.4, -0.2) is 42.8 Å². The summed E-state index contributed by atoms with van der Waals surface area (Å²) in [7, 11) is -3.26. The van der Waals surface area contributed by atoms with Gasteiger partial charge in [-0.1, -0.05) is 12.8 Å². The second-order valence-electron chi connectivity index (χ2n) is 6.77. The Kier molecular flexibility index (Phi) is 4.87. The van der Waals surface area contributed by atoms with Gasteiger partial charge < -0.3 is 4.90 Å². The van der Waals surface area contributed by atoms with Gasteiger partial charge in [0.05, 0.1) is 5.25 Å². The van der Waals surface area contributed by atoms with E-state index in [-0.39, 0.29) is 11.3 Å². The minimum Gasteiger partial charge on any atom is -0.355 e. The minimum absolute atomic E-state index is 0.138. The van der Waals surface area contributed by atoms with Gasteiger partial charge in [-0.2, -0.15) is 0 Å². The first kappa shape index (κ1) is 16.6. The van der Waals surface area contributed by atoms with Gasteiger partial charge in [0.1, 0.15) is 11.6 Å². The second-order valence-corrected chi connectivity index (χ2v) is 8.76. The third-order valence-corrected chi connectivity index (χ3v) is 6.70. The lowest BCUT2D eigenvalue weighted by atomic mass is 10.1. The van der Waals surface area contributed by atoms with Crippen LogP contribution in [0, 0.1) is 13.8 Å². The van der Waals surface area contributed by atoms with Crippen molar-refractivity contribution in [1.29, 1.82) is 0 Å². The molecule has 3 rings (SSSR count). The molecule has 128 valence electrons. The van der Waals surface area contributed by atoms with Crippen molar-refractivity contribution >= 4 is 15.8 Å². The van der Waals surface area contributed by atoms with E-state index >= 15 is 0 Å². The maximum Gasteiger partial charge on any atom is 0.216 e. The number of hydrogen-bond donors (Lipinski definition) is 1. The van der Waals surface area contributed by atoms with Crippen molar-refractivity contribution in [3.63, 3.8) is 0 Å². The molecule has 1 aromatic rings. The summed E-state index contributed by atoms with van der Waals surface area (Å²) in [6.07, 6.45) is 5.80. The molecule has 0 spiro atoms. The van der Waals surface area contributed by atoms with Crippen LogP contribution in [0.1, 0.15) is 50.0 Å². The van der Waals surface area contributed by atoms with E-state index in [2.05, 4.69) is 19.6 Å². The Morgan fingerprint density at radius 2 is 1.87 bits per heavy atom. The highest BCUT2D eigenvalue weighted by molar-refractivity contribution is 7.90. The van der Waals surface area contributed by atoms with Crippen LogP contribution in [0.3, 0.4) is 0 Å². The molecule has 0 unspecified atom stereocenters. The minimum atomic E-state index is -3.26. The first-order valence-electron chi connectivity index (χ1n) is 8.52. The molecule has 23 heavy (non-hydrogen) atoms. The van der Waals surface area contributed by atoms with Gasteiger partial charge >= 0.3 is 0 Å². The summed E-state index contributed by atoms with van der Waals surface area (Å²) < 4.78 is 28.3. The zero-order chi connectivity index (χ0) is 16.4. The molecule has 7 heteroatoms. The number of nitrogens with zero attached hydrogens (tertiary/aromatic N) is 3. The molecule has 1 atom stereocenters. The Morgan fingerprint density at radius 1 is 1.13 bits per heavy atom. The van der Waals surface area contributed by atoms with Gasteiger partial charge in [0, 0.05) is 30.9 Å². The summed E-state index contributed by atoms with van der Waals surface area (Å²) >= 11 is 0. The zero-order valence-electron chi connectivity index (χ0n) is 14.0. The first-order chi connectivity index (χ1) is 10.9. The molecule has 1 aliphatic carbocycles. The number of piperidine rings is 1. The number of hydrogen-bond acceptors (Lipinski definition) is 5. The van der Waals surface area contributed by atoms with E-state index in [0.717, 1.165) is 62.4 Å². The summed E-state index contributed by atoms with van der Waals surface area (Å²) in [6, 6.07) is 2.07. The van der Waals surface area contributed by atoms with E-state index in [1.807, 2.05) is 19.9 Å². The van der Waals surface area contributed by atoms with Gasteiger partial charge in [0.15, 0.2) is 0 Å². The van der Waals surface area contributed by atoms with Crippen LogP contribution >= 0.6 is 0 Å². The molecule has 0 aromatic carbocycles. The third kappa shape index (κ3) is 4.01. The van der Waals surface area contributed by atoms with Crippen molar-refractivity contribution in [2.45, 2.75) is 63.7 Å². The Balaban J connectivity index is 1.72. The van der Waals surface area contributed by atoms with Crippen molar-refractivity contribution in [2.75, 3.05) is 18.0 Å². The fourth-order valence-corrected chi connectivity index (χ4v) is 5.38. The summed E-state index contributed by atoms with van der Waals surface area (Å²) in [5, 5.41) is -0.354. The summed E-state index contributed by atoms with van der Waals surface area (Å²) in [6.45, 7) is 5.18. The Hall–Kier alpha value is -1.21. The highest BCUT2D eigenvalue weighted by Crippen LogP contribution is 2.24. The quantitative estimate of drug-likeness (QED) is 0.908. The lowest BCUT2D eigenvalue weighted by molar-refractivity contribution is 0.504. The lowest BCUT2D eigenvalue weighted by Gasteiger charge is -2.34. The molecular weight excluding hydrogens is 312 g/mol. The van der Waals surface area contributed by atoms with E-state index in [4.69, 9.17) is 0 Å². The third-order valence-electron chi connectivity index (χ3n) is 4.78. The predicted molar refractivity (Wildman–Crippen MR) is 91.1 cm³/mol. The molecule has 2 aliphatic rings. The fraction of sp³-hybridized carbons (Fsp3) is 0.750. The number of sulfonamides is 1. The van der Waals surface area contributed by atoms with Crippen LogP contribution in [0.25, 0.3) is 0 Å². The average Bonchev–Trinajstić information content (AvgIpc) is 2.98. The molecule has 6 nitrogen and oxygen atoms in total. The van der Waals surface area contributed by atoms with Gasteiger partial charge in [-0.15, -0.1) is 0 Å². The number of nitrogens with one attached hydrogen (secondary N) is 1. The molecule has 1 aromatic heterocycles. The monoisotopic (exact) mass is 338 g/mol. The fourth-order valence-electron chi connectivity index (χ4n) is 3.63. The normalized spacial score (nSPS) is 23.4. The number of anilines is 1. The van der Waals surface area contributed by atoms with Crippen LogP contribution in [0.5, 0.6) is 0 Å². The molecular formula is C16H26N4O2S. The highest BCUT2D eigenvalue weighted by Gasteiger charge is 2.33. The number of rotatable bonds is 4. The van der Waals surface area contributed by atoms with Crippen LogP contribution < -0.4 is 9.62 Å². The van der Waals surface area contributed by atoms with E-state index in [9.17, 15) is 8.42 Å². The SMILES string of the molecule is Cc1cc(N2CCC[C@@H](S(=O)(=O)NC3CCCC3)C2)nc(C)n1. The smallest absolute Gasteiger partial charge is 0.216 e. The summed E-state index contributed by atoms with van der Waals surface area (Å²) in [5.41, 5.74) is 0.918. The Bertz CT molecular complexity index is 636. The van der Waals surface area contributed by atoms with Crippen LogP contribution in [0.2, 0.25) is 0 Å². The molecule has 1 N–H and O–H groups in total. The first-order valence-corrected chi connectivity index (χ1v) is 10.1. The van der Waals surface area contributed by atoms with E-state index in [0.29, 0.717) is 6.54 Å². The van der Waals surface area contributed by atoms with Crippen molar-refractivity contribution < 1.29 is 8.42 Å². The van der Waals surface area contributed by atoms with Gasteiger partial charge in [-0.3, -0.25) is 0 Å². The van der Waals surface area contributed by atoms with Crippen LogP contribution in [0.4, 0.5) is 5.82 Å². The molecule has 0 bridgehead atoms. The van der Waals surface area contributed by atoms with Crippen LogP contribution in [0.15, 0.2) is 6.07 Å². The van der Waals surface area contributed by atoms with Gasteiger partial charge in [0.25, 0.3) is 0 Å². The average molecular weight is 338 g/mol. The van der Waals surface area contributed by atoms with Crippen molar-refractivity contribution in [1.82, 2.24) is 14.7 Å². The largest absolute Gasteiger partial charge is 0.355 e. The molecule has 1 aliphatic heterocycles. The summed E-state index contributed by atoms with van der Waals surface area (Å²) in [5.74, 6) is 1.57. The second kappa shape index (κ2) is 6.73. The zero-order valence-corrected chi connectivity index (χ0v) is 14.8. The number of aromatic nitrogens is 2. The molecule has 0 amide bonds. The highest BCUT2D eigenvalue weighted by atomic mass is 32.2. The Labute approximate surface area is 138 Å². The van der Waals surface area contributed by atoms with Gasteiger partial charge in [-0.25, -0.2) is 23.1 Å². The van der Waals surface area contributed by atoms with Crippen molar-refractivity contribution in [3.8, 4) is 0 Å². The van der Waals surface area contributed by atoms with E-state index in [1.165, 1.54) is 0 Å². The topological polar surface area (TPSA) is 75.2 Å². The number of aryl methyl sites for hydroxylation is 2. The lowest BCUT2D eigenvalue weighted by Crippen LogP contribution is -2.48. The predicted octanol–water partition coefficient (Wildman–Crippen LogP) is 1.92. The van der Waals surface area contributed by atoms with E-state index < -0.39 is 10.0 Å². The molecule has 0 radical (unpaired) electrons. The van der Waals surface area contributed by atoms with Gasteiger partial charge in [-0.05, 0) is 39.5 Å². The molecule has 1 saturated carbocycles. The van der Waals surface area contributed by atoms with E-state index in [1.54, 1.807) is 0 Å².